The Morgan fingerprint density at radius 1 is 1.03 bits per heavy atom. The lowest BCUT2D eigenvalue weighted by Gasteiger charge is -2.23. The summed E-state index contributed by atoms with van der Waals surface area (Å²) in [7, 11) is -2.20. The molecular formula is C24H31N3O3S. The molecule has 31 heavy (non-hydrogen) atoms. The van der Waals surface area contributed by atoms with Gasteiger partial charge in [-0.2, -0.15) is 0 Å². The minimum absolute atomic E-state index is 0.155. The maximum atomic E-state index is 13.1. The first-order valence-corrected chi connectivity index (χ1v) is 11.5. The molecule has 0 spiro atoms. The molecule has 0 bridgehead atoms. The highest BCUT2D eigenvalue weighted by atomic mass is 32.2. The third kappa shape index (κ3) is 6.21. The average molecular weight is 442 g/mol. The summed E-state index contributed by atoms with van der Waals surface area (Å²) in [5.41, 5.74) is 2.52. The fourth-order valence-corrected chi connectivity index (χ4v) is 4.10. The molecule has 2 N–H and O–H groups in total. The number of allylic oxidation sites excluding steroid dienone is 3. The monoisotopic (exact) mass is 441 g/mol. The first-order chi connectivity index (χ1) is 14.5. The number of hydrogen-bond donors (Lipinski definition) is 2. The van der Waals surface area contributed by atoms with Crippen molar-refractivity contribution >= 4 is 27.4 Å². The van der Waals surface area contributed by atoms with Gasteiger partial charge in [0.1, 0.15) is 0 Å². The summed E-state index contributed by atoms with van der Waals surface area (Å²) in [6, 6.07) is 13.3. The van der Waals surface area contributed by atoms with E-state index in [4.69, 9.17) is 0 Å². The van der Waals surface area contributed by atoms with Crippen LogP contribution in [0.1, 0.15) is 40.2 Å². The highest BCUT2D eigenvalue weighted by molar-refractivity contribution is 7.92. The molecule has 0 aliphatic rings. The summed E-state index contributed by atoms with van der Waals surface area (Å²) in [6.07, 6.45) is 5.41. The number of benzene rings is 2. The number of amides is 2. The van der Waals surface area contributed by atoms with E-state index in [2.05, 4.69) is 10.6 Å². The average Bonchev–Trinajstić information content (AvgIpc) is 2.73. The largest absolute Gasteiger partial charge is 0.323 e. The number of hydrogen-bond acceptors (Lipinski definition) is 3. The van der Waals surface area contributed by atoms with Crippen molar-refractivity contribution in [2.45, 2.75) is 44.9 Å². The lowest BCUT2D eigenvalue weighted by Crippen LogP contribution is -2.28. The second-order valence-electron chi connectivity index (χ2n) is 8.12. The van der Waals surface area contributed by atoms with Gasteiger partial charge in [0.05, 0.1) is 10.6 Å². The zero-order valence-corrected chi connectivity index (χ0v) is 19.7. The van der Waals surface area contributed by atoms with E-state index in [1.54, 1.807) is 54.6 Å². The number of carbonyl (C=O) groups excluding carboxylic acids is 1. The highest BCUT2D eigenvalue weighted by Gasteiger charge is 2.23. The maximum absolute atomic E-state index is 13.1. The molecule has 2 rings (SSSR count). The van der Waals surface area contributed by atoms with Gasteiger partial charge in [0.2, 0.25) is 0 Å². The summed E-state index contributed by atoms with van der Waals surface area (Å²) >= 11 is 0. The van der Waals surface area contributed by atoms with Gasteiger partial charge < -0.3 is 10.6 Å². The van der Waals surface area contributed by atoms with Crippen LogP contribution >= 0.6 is 0 Å². The van der Waals surface area contributed by atoms with Gasteiger partial charge in [0.15, 0.2) is 0 Å². The molecule has 2 aromatic rings. The summed E-state index contributed by atoms with van der Waals surface area (Å²) < 4.78 is 27.5. The van der Waals surface area contributed by atoms with Crippen LogP contribution in [-0.2, 0) is 15.4 Å². The number of nitrogens with zero attached hydrogens (tertiary/aromatic N) is 1. The van der Waals surface area contributed by atoms with Crippen LogP contribution in [0.25, 0.3) is 0 Å². The number of nitrogens with one attached hydrogen (secondary N) is 2. The van der Waals surface area contributed by atoms with Crippen molar-refractivity contribution in [3.63, 3.8) is 0 Å². The zero-order chi connectivity index (χ0) is 23.2. The summed E-state index contributed by atoms with van der Waals surface area (Å²) in [6.45, 7) is 9.83. The molecule has 166 valence electrons. The van der Waals surface area contributed by atoms with E-state index < -0.39 is 10.0 Å². The molecule has 6 nitrogen and oxygen atoms in total. The Hall–Kier alpha value is -3.06. The number of anilines is 2. The molecular weight excluding hydrogens is 410 g/mol. The Morgan fingerprint density at radius 3 is 2.23 bits per heavy atom. The van der Waals surface area contributed by atoms with Gasteiger partial charge in [-0.15, -0.1) is 0 Å². The molecule has 0 aliphatic heterocycles. The number of sulfonamides is 1. The Morgan fingerprint density at radius 2 is 1.68 bits per heavy atom. The van der Waals surface area contributed by atoms with Crippen molar-refractivity contribution in [3.05, 3.63) is 78.0 Å². The smallest absolute Gasteiger partial charge is 0.308 e. The van der Waals surface area contributed by atoms with E-state index in [1.165, 1.54) is 11.4 Å². The molecule has 0 aliphatic carbocycles. The van der Waals surface area contributed by atoms with E-state index in [1.807, 2.05) is 46.8 Å². The Balaban J connectivity index is 2.18. The molecule has 0 aromatic heterocycles. The van der Waals surface area contributed by atoms with Gasteiger partial charge in [-0.3, -0.25) is 4.31 Å². The van der Waals surface area contributed by atoms with Crippen LogP contribution in [-0.4, -0.2) is 21.5 Å². The fraction of sp³-hybridized carbons (Fsp3) is 0.292. The Labute approximate surface area is 185 Å². The van der Waals surface area contributed by atoms with Crippen molar-refractivity contribution in [1.82, 2.24) is 5.32 Å². The van der Waals surface area contributed by atoms with E-state index >= 15 is 0 Å². The predicted octanol–water partition coefficient (Wildman–Crippen LogP) is 5.41. The predicted molar refractivity (Wildman–Crippen MR) is 128 cm³/mol. The van der Waals surface area contributed by atoms with Crippen molar-refractivity contribution in [2.75, 3.05) is 16.7 Å². The minimum Gasteiger partial charge on any atom is -0.308 e. The normalized spacial score (nSPS) is 12.6. The van der Waals surface area contributed by atoms with Crippen LogP contribution in [0, 0.1) is 0 Å². The van der Waals surface area contributed by atoms with Gasteiger partial charge >= 0.3 is 6.03 Å². The SMILES string of the molecule is CC=CC(=CC)NC(=O)Nc1ccc(N(C)S(=O)(=O)c2cccc(C(C)(C)C)c2)cc1. The van der Waals surface area contributed by atoms with Gasteiger partial charge in [-0.25, -0.2) is 13.2 Å². The first-order valence-electron chi connectivity index (χ1n) is 10.1. The van der Waals surface area contributed by atoms with Crippen LogP contribution in [0.5, 0.6) is 0 Å². The van der Waals surface area contributed by atoms with Gasteiger partial charge in [-0.05, 0) is 67.3 Å². The molecule has 7 heteroatoms. The summed E-state index contributed by atoms with van der Waals surface area (Å²) in [4.78, 5) is 12.4. The van der Waals surface area contributed by atoms with Gasteiger partial charge in [0.25, 0.3) is 10.0 Å². The van der Waals surface area contributed by atoms with Crippen LogP contribution in [0.3, 0.4) is 0 Å². The molecule has 0 fully saturated rings. The van der Waals surface area contributed by atoms with Crippen LogP contribution in [0.15, 0.2) is 77.4 Å². The second-order valence-corrected chi connectivity index (χ2v) is 10.1. The van der Waals surface area contributed by atoms with E-state index in [-0.39, 0.29) is 16.3 Å². The lowest BCUT2D eigenvalue weighted by molar-refractivity contribution is 0.254. The molecule has 0 heterocycles. The minimum atomic E-state index is -3.72. The van der Waals surface area contributed by atoms with Crippen LogP contribution in [0.4, 0.5) is 16.2 Å². The number of rotatable bonds is 6. The molecule has 0 unspecified atom stereocenters. The Bertz CT molecular complexity index is 1080. The quantitative estimate of drug-likeness (QED) is 0.588. The number of urea groups is 1. The van der Waals surface area contributed by atoms with Crippen LogP contribution < -0.4 is 14.9 Å². The van der Waals surface area contributed by atoms with Gasteiger partial charge in [0, 0.05) is 18.4 Å². The van der Waals surface area contributed by atoms with Crippen molar-refractivity contribution in [3.8, 4) is 0 Å². The third-order valence-electron chi connectivity index (χ3n) is 4.76. The summed E-state index contributed by atoms with van der Waals surface area (Å²) in [5.74, 6) is 0. The summed E-state index contributed by atoms with van der Waals surface area (Å²) in [5, 5.41) is 5.47. The van der Waals surface area contributed by atoms with Crippen molar-refractivity contribution in [2.24, 2.45) is 0 Å². The fourth-order valence-electron chi connectivity index (χ4n) is 2.86. The Kier molecular flexibility index (Phi) is 7.68. The molecule has 2 amide bonds. The second kappa shape index (κ2) is 9.83. The molecule has 0 radical (unpaired) electrons. The first kappa shape index (κ1) is 24.2. The molecule has 0 atom stereocenters. The third-order valence-corrected chi connectivity index (χ3v) is 6.54. The topological polar surface area (TPSA) is 78.5 Å². The van der Waals surface area contributed by atoms with Crippen LogP contribution in [0.2, 0.25) is 0 Å². The van der Waals surface area contributed by atoms with Crippen molar-refractivity contribution in [1.29, 1.82) is 0 Å². The van der Waals surface area contributed by atoms with E-state index in [0.29, 0.717) is 17.1 Å². The van der Waals surface area contributed by atoms with Crippen molar-refractivity contribution < 1.29 is 13.2 Å². The standard InChI is InChI=1S/C24H31N3O3S/c1-7-10-19(8-2)25-23(28)26-20-13-15-21(16-14-20)27(6)31(29,30)22-12-9-11-18(17-22)24(3,4)5/h7-17H,1-6H3,(H2,25,26,28). The number of carbonyl (C=O) groups is 1. The molecule has 0 saturated heterocycles. The van der Waals surface area contributed by atoms with Gasteiger partial charge in [-0.1, -0.05) is 45.1 Å². The molecule has 2 aromatic carbocycles. The lowest BCUT2D eigenvalue weighted by atomic mass is 9.87. The maximum Gasteiger partial charge on any atom is 0.323 e. The molecule has 0 saturated carbocycles. The highest BCUT2D eigenvalue weighted by Crippen LogP contribution is 2.28. The van der Waals surface area contributed by atoms with E-state index in [9.17, 15) is 13.2 Å². The zero-order valence-electron chi connectivity index (χ0n) is 18.9. The van der Waals surface area contributed by atoms with E-state index in [0.717, 1.165) is 5.56 Å².